The van der Waals surface area contributed by atoms with Gasteiger partial charge in [0.25, 0.3) is 0 Å². The van der Waals surface area contributed by atoms with Crippen molar-refractivity contribution in [3.8, 4) is 0 Å². The molecule has 106 valence electrons. The highest BCUT2D eigenvalue weighted by molar-refractivity contribution is 5.50. The molecule has 1 saturated heterocycles. The van der Waals surface area contributed by atoms with Gasteiger partial charge in [-0.15, -0.1) is 0 Å². The molecule has 1 unspecified atom stereocenters. The standard InChI is InChI=1S/C16H25FN2/c1-16(2,3)13-7-9-19(11-13)15-5-4-12(6-8-18)10-14(15)17/h4-5,10,13H,6-9,11,18H2,1-3H3. The third-order valence-electron chi connectivity index (χ3n) is 4.20. The van der Waals surface area contributed by atoms with Crippen LogP contribution >= 0.6 is 0 Å². The topological polar surface area (TPSA) is 29.3 Å². The van der Waals surface area contributed by atoms with E-state index in [1.165, 1.54) is 0 Å². The second-order valence-electron chi connectivity index (χ2n) is 6.62. The number of hydrogen-bond acceptors (Lipinski definition) is 2. The summed E-state index contributed by atoms with van der Waals surface area (Å²) in [6.45, 7) is 9.27. The molecule has 1 aromatic carbocycles. The Morgan fingerprint density at radius 2 is 2.11 bits per heavy atom. The molecule has 0 spiro atoms. The van der Waals surface area contributed by atoms with Crippen LogP contribution in [0.15, 0.2) is 18.2 Å². The molecule has 2 nitrogen and oxygen atoms in total. The van der Waals surface area contributed by atoms with E-state index in [2.05, 4.69) is 25.7 Å². The zero-order valence-electron chi connectivity index (χ0n) is 12.2. The Hall–Kier alpha value is -1.09. The van der Waals surface area contributed by atoms with E-state index in [0.717, 1.165) is 37.2 Å². The number of rotatable bonds is 3. The summed E-state index contributed by atoms with van der Waals surface area (Å²) >= 11 is 0. The van der Waals surface area contributed by atoms with Crippen LogP contribution < -0.4 is 10.6 Å². The van der Waals surface area contributed by atoms with Gasteiger partial charge < -0.3 is 10.6 Å². The third kappa shape index (κ3) is 3.27. The van der Waals surface area contributed by atoms with Gasteiger partial charge in [0.2, 0.25) is 0 Å². The van der Waals surface area contributed by atoms with Crippen molar-refractivity contribution in [1.29, 1.82) is 0 Å². The van der Waals surface area contributed by atoms with Crippen molar-refractivity contribution in [2.45, 2.75) is 33.6 Å². The molecule has 0 aliphatic carbocycles. The maximum absolute atomic E-state index is 14.2. The van der Waals surface area contributed by atoms with Crippen molar-refractivity contribution in [1.82, 2.24) is 0 Å². The Morgan fingerprint density at radius 1 is 1.37 bits per heavy atom. The summed E-state index contributed by atoms with van der Waals surface area (Å²) in [5, 5.41) is 0. The maximum atomic E-state index is 14.2. The van der Waals surface area contributed by atoms with E-state index < -0.39 is 0 Å². The molecule has 1 atom stereocenters. The minimum absolute atomic E-state index is 0.111. The molecular formula is C16H25FN2. The van der Waals surface area contributed by atoms with Crippen LogP contribution in [0, 0.1) is 17.2 Å². The van der Waals surface area contributed by atoms with Gasteiger partial charge in [-0.05, 0) is 48.4 Å². The molecule has 1 aromatic rings. The summed E-state index contributed by atoms with van der Waals surface area (Å²) in [6, 6.07) is 5.54. The molecular weight excluding hydrogens is 239 g/mol. The highest BCUT2D eigenvalue weighted by Crippen LogP contribution is 2.36. The monoisotopic (exact) mass is 264 g/mol. The highest BCUT2D eigenvalue weighted by Gasteiger charge is 2.32. The van der Waals surface area contributed by atoms with Gasteiger partial charge in [-0.3, -0.25) is 0 Å². The third-order valence-corrected chi connectivity index (χ3v) is 4.20. The van der Waals surface area contributed by atoms with Crippen LogP contribution in [0.4, 0.5) is 10.1 Å². The fourth-order valence-corrected chi connectivity index (χ4v) is 2.81. The molecule has 2 N–H and O–H groups in total. The van der Waals surface area contributed by atoms with E-state index in [1.807, 2.05) is 12.1 Å². The van der Waals surface area contributed by atoms with Crippen molar-refractivity contribution in [3.05, 3.63) is 29.6 Å². The summed E-state index contributed by atoms with van der Waals surface area (Å²) in [4.78, 5) is 2.18. The van der Waals surface area contributed by atoms with E-state index in [0.29, 0.717) is 17.9 Å². The molecule has 0 radical (unpaired) electrons. The average Bonchev–Trinajstić information content (AvgIpc) is 2.78. The van der Waals surface area contributed by atoms with Gasteiger partial charge in [-0.25, -0.2) is 4.39 Å². The van der Waals surface area contributed by atoms with E-state index in [-0.39, 0.29) is 5.82 Å². The molecule has 1 aliphatic rings. The Morgan fingerprint density at radius 3 is 2.63 bits per heavy atom. The lowest BCUT2D eigenvalue weighted by Gasteiger charge is -2.27. The lowest BCUT2D eigenvalue weighted by atomic mass is 9.80. The Kier molecular flexibility index (Phi) is 4.14. The number of nitrogens with two attached hydrogens (primary N) is 1. The van der Waals surface area contributed by atoms with Crippen LogP contribution in [0.1, 0.15) is 32.8 Å². The largest absolute Gasteiger partial charge is 0.369 e. The summed E-state index contributed by atoms with van der Waals surface area (Å²) in [6.07, 6.45) is 1.88. The van der Waals surface area contributed by atoms with Crippen molar-refractivity contribution in [2.24, 2.45) is 17.1 Å². The molecule has 0 bridgehead atoms. The first-order valence-electron chi connectivity index (χ1n) is 7.15. The predicted molar refractivity (Wildman–Crippen MR) is 78.9 cm³/mol. The van der Waals surface area contributed by atoms with Crippen molar-refractivity contribution >= 4 is 5.69 Å². The highest BCUT2D eigenvalue weighted by atomic mass is 19.1. The summed E-state index contributed by atoms with van der Waals surface area (Å²) in [5.74, 6) is 0.524. The van der Waals surface area contributed by atoms with E-state index in [4.69, 9.17) is 5.73 Å². The normalized spacial score (nSPS) is 20.1. The van der Waals surface area contributed by atoms with Gasteiger partial charge in [0, 0.05) is 13.1 Å². The second kappa shape index (κ2) is 5.49. The molecule has 1 aliphatic heterocycles. The van der Waals surface area contributed by atoms with Gasteiger partial charge in [0.05, 0.1) is 5.69 Å². The van der Waals surface area contributed by atoms with Crippen LogP contribution in [0.5, 0.6) is 0 Å². The molecule has 3 heteroatoms. The van der Waals surface area contributed by atoms with E-state index >= 15 is 0 Å². The lowest BCUT2D eigenvalue weighted by Crippen LogP contribution is -2.26. The minimum atomic E-state index is -0.111. The fraction of sp³-hybridized carbons (Fsp3) is 0.625. The fourth-order valence-electron chi connectivity index (χ4n) is 2.81. The molecule has 0 amide bonds. The van der Waals surface area contributed by atoms with Gasteiger partial charge in [0.1, 0.15) is 5.82 Å². The Balaban J connectivity index is 2.11. The van der Waals surface area contributed by atoms with Crippen LogP contribution in [0.3, 0.4) is 0 Å². The van der Waals surface area contributed by atoms with Crippen molar-refractivity contribution < 1.29 is 4.39 Å². The number of hydrogen-bond donors (Lipinski definition) is 1. The van der Waals surface area contributed by atoms with E-state index in [1.54, 1.807) is 6.07 Å². The quantitative estimate of drug-likeness (QED) is 0.908. The molecule has 2 rings (SSSR count). The van der Waals surface area contributed by atoms with Crippen molar-refractivity contribution in [3.63, 3.8) is 0 Å². The predicted octanol–water partition coefficient (Wildman–Crippen LogP) is 3.20. The van der Waals surface area contributed by atoms with Gasteiger partial charge in [-0.1, -0.05) is 26.8 Å². The first kappa shape index (κ1) is 14.3. The van der Waals surface area contributed by atoms with Crippen LogP contribution in [-0.2, 0) is 6.42 Å². The smallest absolute Gasteiger partial charge is 0.146 e. The van der Waals surface area contributed by atoms with Crippen LogP contribution in [0.25, 0.3) is 0 Å². The number of nitrogens with zero attached hydrogens (tertiary/aromatic N) is 1. The number of benzene rings is 1. The first-order chi connectivity index (χ1) is 8.91. The van der Waals surface area contributed by atoms with Gasteiger partial charge in [-0.2, -0.15) is 0 Å². The lowest BCUT2D eigenvalue weighted by molar-refractivity contribution is 0.263. The molecule has 0 saturated carbocycles. The molecule has 1 fully saturated rings. The molecule has 0 aromatic heterocycles. The van der Waals surface area contributed by atoms with Crippen LogP contribution in [0.2, 0.25) is 0 Å². The van der Waals surface area contributed by atoms with Crippen LogP contribution in [-0.4, -0.2) is 19.6 Å². The number of anilines is 1. The average molecular weight is 264 g/mol. The molecule has 1 heterocycles. The summed E-state index contributed by atoms with van der Waals surface area (Å²) in [5.41, 5.74) is 7.53. The zero-order valence-corrected chi connectivity index (χ0v) is 12.2. The summed E-state index contributed by atoms with van der Waals surface area (Å²) in [7, 11) is 0. The maximum Gasteiger partial charge on any atom is 0.146 e. The van der Waals surface area contributed by atoms with Gasteiger partial charge in [0.15, 0.2) is 0 Å². The minimum Gasteiger partial charge on any atom is -0.369 e. The van der Waals surface area contributed by atoms with E-state index in [9.17, 15) is 4.39 Å². The molecule has 19 heavy (non-hydrogen) atoms. The second-order valence-corrected chi connectivity index (χ2v) is 6.62. The first-order valence-corrected chi connectivity index (χ1v) is 7.15. The Bertz CT molecular complexity index is 437. The zero-order chi connectivity index (χ0) is 14.0. The van der Waals surface area contributed by atoms with Gasteiger partial charge >= 0.3 is 0 Å². The number of halogens is 1. The van der Waals surface area contributed by atoms with Crippen molar-refractivity contribution in [2.75, 3.05) is 24.5 Å². The SMILES string of the molecule is CC(C)(C)C1CCN(c2ccc(CCN)cc2F)C1. The Labute approximate surface area is 115 Å². The summed E-state index contributed by atoms with van der Waals surface area (Å²) < 4.78 is 14.2.